The highest BCUT2D eigenvalue weighted by atomic mass is 16.3. The van der Waals surface area contributed by atoms with Gasteiger partial charge in [-0.15, -0.1) is 0 Å². The maximum absolute atomic E-state index is 5.50. The Hall–Kier alpha value is -1.68. The van der Waals surface area contributed by atoms with Gasteiger partial charge in [-0.3, -0.25) is 0 Å². The Kier molecular flexibility index (Phi) is 2.06. The predicted octanol–water partition coefficient (Wildman–Crippen LogP) is 1.20. The molecular formula is C9H9N3O. The largest absolute Gasteiger partial charge is 0.467 e. The number of aromatic nitrogens is 2. The Labute approximate surface area is 75.4 Å². The number of furan rings is 1. The molecule has 0 aromatic carbocycles. The summed E-state index contributed by atoms with van der Waals surface area (Å²) in [5.41, 5.74) is 7.39. The number of rotatable bonds is 2. The summed E-state index contributed by atoms with van der Waals surface area (Å²) in [5, 5.41) is 0. The van der Waals surface area contributed by atoms with E-state index in [1.807, 2.05) is 6.07 Å². The first-order valence-corrected chi connectivity index (χ1v) is 3.93. The van der Waals surface area contributed by atoms with Crippen LogP contribution in [0.5, 0.6) is 0 Å². The zero-order valence-electron chi connectivity index (χ0n) is 6.97. The second-order valence-electron chi connectivity index (χ2n) is 2.59. The van der Waals surface area contributed by atoms with Gasteiger partial charge in [-0.25, -0.2) is 9.97 Å². The topological polar surface area (TPSA) is 64.9 Å². The highest BCUT2D eigenvalue weighted by Gasteiger charge is 2.06. The molecule has 0 aliphatic carbocycles. The summed E-state index contributed by atoms with van der Waals surface area (Å²) >= 11 is 0. The molecule has 2 aromatic rings. The molecule has 2 heterocycles. The number of hydrogen-bond donors (Lipinski definition) is 1. The molecule has 0 saturated carbocycles. The lowest BCUT2D eigenvalue weighted by atomic mass is 10.1. The van der Waals surface area contributed by atoms with Crippen LogP contribution in [0.15, 0.2) is 35.5 Å². The van der Waals surface area contributed by atoms with E-state index in [1.165, 1.54) is 6.33 Å². The monoisotopic (exact) mass is 175 g/mol. The Bertz CT molecular complexity index is 383. The van der Waals surface area contributed by atoms with Gasteiger partial charge in [0.1, 0.15) is 12.1 Å². The highest BCUT2D eigenvalue weighted by Crippen LogP contribution is 2.22. The summed E-state index contributed by atoms with van der Waals surface area (Å²) in [6.07, 6.45) is 6.57. The van der Waals surface area contributed by atoms with Gasteiger partial charge in [0.05, 0.1) is 12.8 Å². The maximum atomic E-state index is 5.50. The average Bonchev–Trinajstić information content (AvgIpc) is 2.67. The molecule has 2 rings (SSSR count). The van der Waals surface area contributed by atoms with E-state index in [9.17, 15) is 0 Å². The molecule has 0 aliphatic rings. The van der Waals surface area contributed by atoms with E-state index < -0.39 is 0 Å². The molecular weight excluding hydrogens is 166 g/mol. The van der Waals surface area contributed by atoms with Crippen LogP contribution >= 0.6 is 0 Å². The molecule has 0 aliphatic heterocycles. The number of nitrogens with zero attached hydrogens (tertiary/aromatic N) is 2. The van der Waals surface area contributed by atoms with E-state index in [-0.39, 0.29) is 0 Å². The van der Waals surface area contributed by atoms with Crippen LogP contribution in [0.3, 0.4) is 0 Å². The lowest BCUT2D eigenvalue weighted by Gasteiger charge is -1.97. The third kappa shape index (κ3) is 1.43. The van der Waals surface area contributed by atoms with Crippen molar-refractivity contribution in [1.82, 2.24) is 9.97 Å². The van der Waals surface area contributed by atoms with Crippen LogP contribution in [0.25, 0.3) is 11.1 Å². The fraction of sp³-hybridized carbons (Fsp3) is 0.111. The van der Waals surface area contributed by atoms with Crippen molar-refractivity contribution in [2.24, 2.45) is 5.73 Å². The molecule has 0 spiro atoms. The van der Waals surface area contributed by atoms with Crippen LogP contribution in [-0.4, -0.2) is 9.97 Å². The molecule has 0 atom stereocenters. The fourth-order valence-corrected chi connectivity index (χ4v) is 1.19. The van der Waals surface area contributed by atoms with Crippen molar-refractivity contribution in [1.29, 1.82) is 0 Å². The lowest BCUT2D eigenvalue weighted by molar-refractivity contribution is 0.513. The van der Waals surface area contributed by atoms with Crippen molar-refractivity contribution >= 4 is 0 Å². The van der Waals surface area contributed by atoms with Crippen molar-refractivity contribution in [3.63, 3.8) is 0 Å². The quantitative estimate of drug-likeness (QED) is 0.744. The number of nitrogens with two attached hydrogens (primary N) is 1. The van der Waals surface area contributed by atoms with Gasteiger partial charge in [0, 0.05) is 23.5 Å². The van der Waals surface area contributed by atoms with Crippen molar-refractivity contribution in [3.05, 3.63) is 36.8 Å². The third-order valence-corrected chi connectivity index (χ3v) is 1.80. The van der Waals surface area contributed by atoms with Crippen LogP contribution in [0.1, 0.15) is 5.76 Å². The van der Waals surface area contributed by atoms with E-state index >= 15 is 0 Å². The first-order valence-electron chi connectivity index (χ1n) is 3.93. The Balaban J connectivity index is 2.47. The van der Waals surface area contributed by atoms with Crippen LogP contribution in [-0.2, 0) is 6.54 Å². The van der Waals surface area contributed by atoms with Crippen LogP contribution in [0.2, 0.25) is 0 Å². The van der Waals surface area contributed by atoms with Gasteiger partial charge in [0.15, 0.2) is 0 Å². The molecule has 66 valence electrons. The molecule has 0 unspecified atom stereocenters. The first-order chi connectivity index (χ1) is 6.42. The van der Waals surface area contributed by atoms with Gasteiger partial charge in [0.2, 0.25) is 0 Å². The van der Waals surface area contributed by atoms with Crippen molar-refractivity contribution in [2.75, 3.05) is 0 Å². The van der Waals surface area contributed by atoms with Gasteiger partial charge in [-0.2, -0.15) is 0 Å². The molecule has 2 N–H and O–H groups in total. The van der Waals surface area contributed by atoms with Crippen LogP contribution in [0.4, 0.5) is 0 Å². The highest BCUT2D eigenvalue weighted by molar-refractivity contribution is 5.63. The smallest absolute Gasteiger partial charge is 0.125 e. The summed E-state index contributed by atoms with van der Waals surface area (Å²) in [5.74, 6) is 0.759. The normalized spacial score (nSPS) is 10.2. The molecule has 0 fully saturated rings. The first kappa shape index (κ1) is 7.94. The van der Waals surface area contributed by atoms with E-state index in [4.69, 9.17) is 10.2 Å². The minimum Gasteiger partial charge on any atom is -0.467 e. The standard InChI is InChI=1S/C9H9N3O/c10-3-9-8(1-2-13-9)7-4-11-6-12-5-7/h1-2,4-6H,3,10H2. The molecule has 13 heavy (non-hydrogen) atoms. The maximum Gasteiger partial charge on any atom is 0.125 e. The van der Waals surface area contributed by atoms with Crippen molar-refractivity contribution in [2.45, 2.75) is 6.54 Å². The van der Waals surface area contributed by atoms with Gasteiger partial charge < -0.3 is 10.2 Å². The molecule has 0 bridgehead atoms. The fourth-order valence-electron chi connectivity index (χ4n) is 1.19. The summed E-state index contributed by atoms with van der Waals surface area (Å²) in [4.78, 5) is 7.84. The van der Waals surface area contributed by atoms with E-state index in [0.29, 0.717) is 6.54 Å². The molecule has 0 amide bonds. The number of hydrogen-bond acceptors (Lipinski definition) is 4. The Morgan fingerprint density at radius 2 is 2.08 bits per heavy atom. The van der Waals surface area contributed by atoms with E-state index in [0.717, 1.165) is 16.9 Å². The Morgan fingerprint density at radius 1 is 1.31 bits per heavy atom. The second-order valence-corrected chi connectivity index (χ2v) is 2.59. The van der Waals surface area contributed by atoms with E-state index in [2.05, 4.69) is 9.97 Å². The van der Waals surface area contributed by atoms with Crippen LogP contribution < -0.4 is 5.73 Å². The summed E-state index contributed by atoms with van der Waals surface area (Å²) in [6.45, 7) is 0.386. The SMILES string of the molecule is NCc1occc1-c1cncnc1. The summed E-state index contributed by atoms with van der Waals surface area (Å²) in [7, 11) is 0. The Morgan fingerprint density at radius 3 is 2.77 bits per heavy atom. The minimum absolute atomic E-state index is 0.386. The molecule has 0 saturated heterocycles. The molecule has 4 heteroatoms. The van der Waals surface area contributed by atoms with Crippen LogP contribution in [0, 0.1) is 0 Å². The zero-order chi connectivity index (χ0) is 9.10. The average molecular weight is 175 g/mol. The van der Waals surface area contributed by atoms with E-state index in [1.54, 1.807) is 18.7 Å². The third-order valence-electron chi connectivity index (χ3n) is 1.80. The molecule has 4 nitrogen and oxygen atoms in total. The van der Waals surface area contributed by atoms with Gasteiger partial charge in [-0.05, 0) is 6.07 Å². The van der Waals surface area contributed by atoms with Crippen molar-refractivity contribution in [3.8, 4) is 11.1 Å². The summed E-state index contributed by atoms with van der Waals surface area (Å²) in [6, 6.07) is 1.86. The summed E-state index contributed by atoms with van der Waals surface area (Å²) < 4.78 is 5.19. The van der Waals surface area contributed by atoms with Gasteiger partial charge in [0.25, 0.3) is 0 Å². The van der Waals surface area contributed by atoms with Gasteiger partial charge in [-0.1, -0.05) is 0 Å². The van der Waals surface area contributed by atoms with Gasteiger partial charge >= 0.3 is 0 Å². The molecule has 0 radical (unpaired) electrons. The van der Waals surface area contributed by atoms with Crippen molar-refractivity contribution < 1.29 is 4.42 Å². The minimum atomic E-state index is 0.386. The zero-order valence-corrected chi connectivity index (χ0v) is 6.97. The lowest BCUT2D eigenvalue weighted by Crippen LogP contribution is -1.96. The molecule has 2 aromatic heterocycles. The predicted molar refractivity (Wildman–Crippen MR) is 47.6 cm³/mol. The second kappa shape index (κ2) is 3.37.